The molecule has 180 valence electrons. The molecule has 4 aliphatic carbocycles. The van der Waals surface area contributed by atoms with Gasteiger partial charge in [0.15, 0.2) is 17.2 Å². The van der Waals surface area contributed by atoms with Crippen LogP contribution < -0.4 is 0 Å². The maximum absolute atomic E-state index is 13.0. The molecule has 0 amide bonds. The van der Waals surface area contributed by atoms with Crippen molar-refractivity contribution in [1.82, 2.24) is 0 Å². The molecule has 0 bridgehead atoms. The lowest BCUT2D eigenvalue weighted by Gasteiger charge is -2.58. The van der Waals surface area contributed by atoms with Crippen LogP contribution in [0.3, 0.4) is 0 Å². The number of carbonyl (C=O) groups is 3. The van der Waals surface area contributed by atoms with Crippen LogP contribution in [-0.4, -0.2) is 23.1 Å². The minimum Gasteiger partial charge on any atom is -0.451 e. The molecule has 4 nitrogen and oxygen atoms in total. The van der Waals surface area contributed by atoms with Crippen molar-refractivity contribution < 1.29 is 19.1 Å². The summed E-state index contributed by atoms with van der Waals surface area (Å²) in [5.41, 5.74) is 3.23. The molecule has 34 heavy (non-hydrogen) atoms. The predicted octanol–water partition coefficient (Wildman–Crippen LogP) is 6.02. The van der Waals surface area contributed by atoms with Crippen LogP contribution in [0.25, 0.3) is 5.57 Å². The molecule has 6 atom stereocenters. The molecule has 0 saturated heterocycles. The third-order valence-corrected chi connectivity index (χ3v) is 9.98. The number of benzene rings is 1. The van der Waals surface area contributed by atoms with E-state index in [2.05, 4.69) is 51.1 Å². The molecule has 5 rings (SSSR count). The van der Waals surface area contributed by atoms with Crippen LogP contribution in [0.5, 0.6) is 0 Å². The molecule has 0 radical (unpaired) electrons. The van der Waals surface area contributed by atoms with Gasteiger partial charge in [0.1, 0.15) is 0 Å². The van der Waals surface area contributed by atoms with E-state index in [-0.39, 0.29) is 40.2 Å². The second kappa shape index (κ2) is 7.76. The highest BCUT2D eigenvalue weighted by Gasteiger charge is 2.67. The molecule has 4 aliphatic rings. The normalized spacial score (nSPS) is 38.7. The number of ether oxygens (including phenoxy) is 1. The molecule has 0 aliphatic heterocycles. The van der Waals surface area contributed by atoms with E-state index < -0.39 is 5.60 Å². The third-order valence-electron chi connectivity index (χ3n) is 9.98. The van der Waals surface area contributed by atoms with Gasteiger partial charge in [-0.1, -0.05) is 49.8 Å². The highest BCUT2D eigenvalue weighted by Crippen LogP contribution is 2.68. The molecular weight excluding hydrogens is 424 g/mol. The van der Waals surface area contributed by atoms with Crippen LogP contribution in [0.4, 0.5) is 0 Å². The van der Waals surface area contributed by atoms with Crippen LogP contribution in [0, 0.1) is 35.5 Å². The number of carbonyl (C=O) groups excluding carboxylic acids is 3. The van der Waals surface area contributed by atoms with Crippen LogP contribution >= 0.6 is 0 Å². The minimum atomic E-state index is -1.04. The van der Waals surface area contributed by atoms with Crippen molar-refractivity contribution in [2.24, 2.45) is 28.6 Å². The Hall–Kier alpha value is -2.49. The van der Waals surface area contributed by atoms with Gasteiger partial charge in [0, 0.05) is 18.8 Å². The summed E-state index contributed by atoms with van der Waals surface area (Å²) in [5.74, 6) is 0.768. The second-order valence-corrected chi connectivity index (χ2v) is 11.7. The summed E-state index contributed by atoms with van der Waals surface area (Å²) >= 11 is 0. The summed E-state index contributed by atoms with van der Waals surface area (Å²) < 4.78 is 5.92. The Morgan fingerprint density at radius 2 is 1.65 bits per heavy atom. The van der Waals surface area contributed by atoms with Crippen molar-refractivity contribution in [2.75, 3.05) is 0 Å². The summed E-state index contributed by atoms with van der Waals surface area (Å²) in [6.07, 6.45) is 9.07. The van der Waals surface area contributed by atoms with Crippen LogP contribution in [0.15, 0.2) is 42.0 Å². The number of allylic oxidation sites excluding steroid dienone is 4. The first-order valence-corrected chi connectivity index (χ1v) is 12.8. The summed E-state index contributed by atoms with van der Waals surface area (Å²) in [6, 6.07) is 8.59. The molecule has 0 spiro atoms. The molecule has 2 saturated carbocycles. The van der Waals surface area contributed by atoms with Crippen molar-refractivity contribution in [3.05, 3.63) is 53.1 Å². The standard InChI is InChI=1S/C30H36O4/c1-18-6-8-21(9-7-18)23-17-24-25(28(4)13-10-22(33)16-27(23)28)11-14-29(5)26(24)12-15-30(29,19(2)31)34-20(3)32/h6-9,16-17,24-26H,10-15H2,1-5H3/t24-,25+,26+,28-,29+,30+/m1/s1. The molecule has 0 heterocycles. The maximum Gasteiger partial charge on any atom is 0.303 e. The number of hydrogen-bond donors (Lipinski definition) is 0. The zero-order chi connectivity index (χ0) is 24.5. The van der Waals surface area contributed by atoms with Gasteiger partial charge >= 0.3 is 5.97 Å². The topological polar surface area (TPSA) is 60.4 Å². The van der Waals surface area contributed by atoms with Crippen LogP contribution in [0.1, 0.15) is 77.3 Å². The largest absolute Gasteiger partial charge is 0.451 e. The van der Waals surface area contributed by atoms with Gasteiger partial charge < -0.3 is 4.74 Å². The Kier molecular flexibility index (Phi) is 5.31. The van der Waals surface area contributed by atoms with Crippen LogP contribution in [-0.2, 0) is 19.1 Å². The smallest absolute Gasteiger partial charge is 0.303 e. The summed E-state index contributed by atoms with van der Waals surface area (Å²) in [6.45, 7) is 9.63. The number of aryl methyl sites for hydroxylation is 1. The van der Waals surface area contributed by atoms with Gasteiger partial charge in [-0.2, -0.15) is 0 Å². The van der Waals surface area contributed by atoms with Gasteiger partial charge in [0.2, 0.25) is 0 Å². The summed E-state index contributed by atoms with van der Waals surface area (Å²) in [4.78, 5) is 37.7. The van der Waals surface area contributed by atoms with E-state index in [1.165, 1.54) is 23.6 Å². The summed E-state index contributed by atoms with van der Waals surface area (Å²) in [7, 11) is 0. The first kappa shape index (κ1) is 23.3. The fourth-order valence-electron chi connectivity index (χ4n) is 8.19. The van der Waals surface area contributed by atoms with E-state index in [9.17, 15) is 14.4 Å². The van der Waals surface area contributed by atoms with Crippen molar-refractivity contribution in [3.8, 4) is 0 Å². The zero-order valence-electron chi connectivity index (χ0n) is 21.1. The SMILES string of the molecule is CC(=O)O[C@]1(C(C)=O)CC[C@H]2[C@@H]3C=C(c4ccc(C)cc4)C4=CC(=O)CC[C@]4(C)[C@H]3CC[C@@]21C. The molecule has 1 aromatic rings. The van der Waals surface area contributed by atoms with Gasteiger partial charge in [-0.05, 0) is 91.9 Å². The van der Waals surface area contributed by atoms with Gasteiger partial charge in [-0.3, -0.25) is 14.4 Å². The molecule has 0 aromatic heterocycles. The van der Waals surface area contributed by atoms with E-state index in [4.69, 9.17) is 4.74 Å². The Labute approximate surface area is 202 Å². The van der Waals surface area contributed by atoms with E-state index >= 15 is 0 Å². The van der Waals surface area contributed by atoms with Crippen molar-refractivity contribution in [3.63, 3.8) is 0 Å². The highest BCUT2D eigenvalue weighted by molar-refractivity contribution is 5.98. The summed E-state index contributed by atoms with van der Waals surface area (Å²) in [5, 5.41) is 0. The number of rotatable bonds is 3. The van der Waals surface area contributed by atoms with E-state index in [1.54, 1.807) is 6.92 Å². The molecule has 1 aromatic carbocycles. The average Bonchev–Trinajstić information content (AvgIpc) is 3.07. The Morgan fingerprint density at radius 1 is 0.971 bits per heavy atom. The monoisotopic (exact) mass is 460 g/mol. The molecular formula is C30H36O4. The van der Waals surface area contributed by atoms with E-state index in [1.807, 2.05) is 6.08 Å². The molecule has 0 N–H and O–H groups in total. The Bertz CT molecular complexity index is 1120. The molecule has 4 heteroatoms. The second-order valence-electron chi connectivity index (χ2n) is 11.7. The lowest BCUT2D eigenvalue weighted by atomic mass is 9.46. The Balaban J connectivity index is 1.66. The van der Waals surface area contributed by atoms with E-state index in [0.717, 1.165) is 31.2 Å². The quantitative estimate of drug-likeness (QED) is 0.518. The fraction of sp³-hybridized carbons (Fsp3) is 0.567. The number of esters is 1. The molecule has 2 fully saturated rings. The predicted molar refractivity (Wildman–Crippen MR) is 132 cm³/mol. The first-order chi connectivity index (χ1) is 16.0. The lowest BCUT2D eigenvalue weighted by Crippen LogP contribution is -2.58. The van der Waals surface area contributed by atoms with Gasteiger partial charge in [0.25, 0.3) is 0 Å². The lowest BCUT2D eigenvalue weighted by molar-refractivity contribution is -0.185. The Morgan fingerprint density at radius 3 is 2.29 bits per heavy atom. The van der Waals surface area contributed by atoms with Crippen molar-refractivity contribution in [1.29, 1.82) is 0 Å². The number of ketones is 2. The third kappa shape index (κ3) is 3.13. The zero-order valence-corrected chi connectivity index (χ0v) is 21.1. The maximum atomic E-state index is 13.0. The first-order valence-electron chi connectivity index (χ1n) is 12.8. The fourth-order valence-corrected chi connectivity index (χ4v) is 8.19. The number of Topliss-reactive ketones (excluding diaryl/α,β-unsaturated/α-hetero) is 1. The van der Waals surface area contributed by atoms with Crippen molar-refractivity contribution in [2.45, 2.75) is 78.7 Å². The van der Waals surface area contributed by atoms with Gasteiger partial charge in [0.05, 0.1) is 0 Å². The minimum absolute atomic E-state index is 0.0280. The van der Waals surface area contributed by atoms with Gasteiger partial charge in [-0.25, -0.2) is 0 Å². The van der Waals surface area contributed by atoms with Gasteiger partial charge in [-0.15, -0.1) is 0 Å². The highest BCUT2D eigenvalue weighted by atomic mass is 16.6. The molecule has 0 unspecified atom stereocenters. The number of hydrogen-bond acceptors (Lipinski definition) is 4. The van der Waals surface area contributed by atoms with E-state index in [0.29, 0.717) is 18.8 Å². The average molecular weight is 461 g/mol. The number of fused-ring (bicyclic) bond motifs is 5. The van der Waals surface area contributed by atoms with Crippen molar-refractivity contribution >= 4 is 23.1 Å². The van der Waals surface area contributed by atoms with Crippen LogP contribution in [0.2, 0.25) is 0 Å².